The normalized spacial score (nSPS) is 10.4. The lowest BCUT2D eigenvalue weighted by atomic mass is 10.3. The van der Waals surface area contributed by atoms with E-state index in [2.05, 4.69) is 10.6 Å². The van der Waals surface area contributed by atoms with Crippen molar-refractivity contribution in [1.82, 2.24) is 5.32 Å². The fraction of sp³-hybridized carbons (Fsp3) is 0.462. The first-order chi connectivity index (χ1) is 9.24. The number of halogens is 1. The van der Waals surface area contributed by atoms with Crippen molar-refractivity contribution in [2.45, 2.75) is 0 Å². The molecule has 0 fully saturated rings. The Labute approximate surface area is 118 Å². The van der Waals surface area contributed by atoms with E-state index in [1.165, 1.54) is 0 Å². The number of para-hydroxylation sites is 1. The summed E-state index contributed by atoms with van der Waals surface area (Å²) in [5.74, 6) is -0.134. The van der Waals surface area contributed by atoms with E-state index < -0.39 is 0 Å². The molecule has 1 amide bonds. The standard InChI is InChI=1S/C13H19ClN2O3/c1-18-8-9-19-7-6-15-10-13(17)16-12-5-3-2-4-11(12)14/h2-5,15H,6-10H2,1H3,(H,16,17). The lowest BCUT2D eigenvalue weighted by molar-refractivity contribution is -0.115. The molecule has 0 aromatic heterocycles. The molecule has 106 valence electrons. The molecule has 0 heterocycles. The summed E-state index contributed by atoms with van der Waals surface area (Å²) in [6.07, 6.45) is 0. The SMILES string of the molecule is COCCOCCNCC(=O)Nc1ccccc1Cl. The van der Waals surface area contributed by atoms with Crippen molar-refractivity contribution in [2.75, 3.05) is 45.3 Å². The van der Waals surface area contributed by atoms with Crippen molar-refractivity contribution in [1.29, 1.82) is 0 Å². The summed E-state index contributed by atoms with van der Waals surface area (Å²) < 4.78 is 10.1. The van der Waals surface area contributed by atoms with Crippen LogP contribution >= 0.6 is 11.6 Å². The van der Waals surface area contributed by atoms with Crippen LogP contribution in [0.15, 0.2) is 24.3 Å². The zero-order chi connectivity index (χ0) is 13.9. The molecule has 0 aliphatic carbocycles. The molecule has 0 saturated carbocycles. The Morgan fingerprint density at radius 2 is 2.05 bits per heavy atom. The van der Waals surface area contributed by atoms with Crippen molar-refractivity contribution < 1.29 is 14.3 Å². The number of rotatable bonds is 9. The molecule has 1 rings (SSSR count). The zero-order valence-electron chi connectivity index (χ0n) is 10.9. The van der Waals surface area contributed by atoms with Crippen LogP contribution in [0.25, 0.3) is 0 Å². The van der Waals surface area contributed by atoms with Crippen LogP contribution in [0.2, 0.25) is 5.02 Å². The van der Waals surface area contributed by atoms with Crippen LogP contribution in [0, 0.1) is 0 Å². The van der Waals surface area contributed by atoms with Gasteiger partial charge in [-0.25, -0.2) is 0 Å². The number of hydrogen-bond acceptors (Lipinski definition) is 4. The predicted molar refractivity (Wildman–Crippen MR) is 75.6 cm³/mol. The molecule has 5 nitrogen and oxygen atoms in total. The van der Waals surface area contributed by atoms with E-state index in [0.29, 0.717) is 37.1 Å². The number of carbonyl (C=O) groups excluding carboxylic acids is 1. The third kappa shape index (κ3) is 7.12. The minimum atomic E-state index is -0.134. The number of anilines is 1. The summed E-state index contributed by atoms with van der Waals surface area (Å²) in [6, 6.07) is 7.12. The quantitative estimate of drug-likeness (QED) is 0.676. The van der Waals surface area contributed by atoms with Crippen molar-refractivity contribution in [2.24, 2.45) is 0 Å². The van der Waals surface area contributed by atoms with E-state index >= 15 is 0 Å². The van der Waals surface area contributed by atoms with Gasteiger partial charge in [-0.05, 0) is 12.1 Å². The molecule has 0 aliphatic heterocycles. The highest BCUT2D eigenvalue weighted by molar-refractivity contribution is 6.33. The fourth-order valence-electron chi connectivity index (χ4n) is 1.35. The summed E-state index contributed by atoms with van der Waals surface area (Å²) in [4.78, 5) is 11.6. The fourth-order valence-corrected chi connectivity index (χ4v) is 1.53. The highest BCUT2D eigenvalue weighted by atomic mass is 35.5. The Kier molecular flexibility index (Phi) is 8.16. The number of carbonyl (C=O) groups is 1. The maximum Gasteiger partial charge on any atom is 0.238 e. The lowest BCUT2D eigenvalue weighted by Crippen LogP contribution is -2.30. The average Bonchev–Trinajstić information content (AvgIpc) is 2.40. The van der Waals surface area contributed by atoms with E-state index in [9.17, 15) is 4.79 Å². The molecule has 0 saturated heterocycles. The van der Waals surface area contributed by atoms with E-state index in [1.807, 2.05) is 12.1 Å². The molecule has 0 aliphatic rings. The van der Waals surface area contributed by atoms with Gasteiger partial charge in [0.2, 0.25) is 5.91 Å². The minimum Gasteiger partial charge on any atom is -0.382 e. The Morgan fingerprint density at radius 1 is 1.26 bits per heavy atom. The molecule has 0 radical (unpaired) electrons. The smallest absolute Gasteiger partial charge is 0.238 e. The van der Waals surface area contributed by atoms with E-state index in [0.717, 1.165) is 0 Å². The van der Waals surface area contributed by atoms with Gasteiger partial charge in [-0.15, -0.1) is 0 Å². The summed E-state index contributed by atoms with van der Waals surface area (Å²) in [5, 5.41) is 6.23. The first kappa shape index (κ1) is 15.9. The Morgan fingerprint density at radius 3 is 2.79 bits per heavy atom. The Hall–Kier alpha value is -1.14. The van der Waals surface area contributed by atoms with Gasteiger partial charge < -0.3 is 20.1 Å². The molecule has 0 spiro atoms. The summed E-state index contributed by atoms with van der Waals surface area (Å²) in [5.41, 5.74) is 0.618. The van der Waals surface area contributed by atoms with E-state index in [1.54, 1.807) is 19.2 Å². The van der Waals surface area contributed by atoms with Crippen LogP contribution in [0.3, 0.4) is 0 Å². The van der Waals surface area contributed by atoms with Gasteiger partial charge in [-0.3, -0.25) is 4.79 Å². The van der Waals surface area contributed by atoms with Gasteiger partial charge in [0.05, 0.1) is 37.1 Å². The predicted octanol–water partition coefficient (Wildman–Crippen LogP) is 1.53. The highest BCUT2D eigenvalue weighted by Crippen LogP contribution is 2.19. The first-order valence-electron chi connectivity index (χ1n) is 6.06. The van der Waals surface area contributed by atoms with Crippen LogP contribution in [0.1, 0.15) is 0 Å². The second-order valence-electron chi connectivity index (χ2n) is 3.81. The van der Waals surface area contributed by atoms with Gasteiger partial charge in [0.25, 0.3) is 0 Å². The molecular formula is C13H19ClN2O3. The van der Waals surface area contributed by atoms with E-state index in [-0.39, 0.29) is 12.5 Å². The van der Waals surface area contributed by atoms with Crippen LogP contribution in [-0.2, 0) is 14.3 Å². The van der Waals surface area contributed by atoms with Crippen LogP contribution < -0.4 is 10.6 Å². The highest BCUT2D eigenvalue weighted by Gasteiger charge is 2.04. The molecule has 19 heavy (non-hydrogen) atoms. The van der Waals surface area contributed by atoms with Gasteiger partial charge in [-0.1, -0.05) is 23.7 Å². The molecule has 6 heteroatoms. The first-order valence-corrected chi connectivity index (χ1v) is 6.43. The number of benzene rings is 1. The van der Waals surface area contributed by atoms with Crippen molar-refractivity contribution in [3.05, 3.63) is 29.3 Å². The third-order valence-corrected chi connectivity index (χ3v) is 2.62. The maximum absolute atomic E-state index is 11.6. The summed E-state index contributed by atoms with van der Waals surface area (Å²) in [6.45, 7) is 2.51. The van der Waals surface area contributed by atoms with Crippen molar-refractivity contribution >= 4 is 23.2 Å². The summed E-state index contributed by atoms with van der Waals surface area (Å²) in [7, 11) is 1.63. The van der Waals surface area contributed by atoms with Gasteiger partial charge in [-0.2, -0.15) is 0 Å². The Balaban J connectivity index is 2.10. The van der Waals surface area contributed by atoms with Gasteiger partial charge in [0.15, 0.2) is 0 Å². The largest absolute Gasteiger partial charge is 0.382 e. The number of methoxy groups -OCH3 is 1. The second kappa shape index (κ2) is 9.75. The minimum absolute atomic E-state index is 0.134. The number of hydrogen-bond donors (Lipinski definition) is 2. The molecule has 2 N–H and O–H groups in total. The molecule has 1 aromatic rings. The van der Waals surface area contributed by atoms with Gasteiger partial charge in [0.1, 0.15) is 0 Å². The number of ether oxygens (including phenoxy) is 2. The molecule has 1 aromatic carbocycles. The Bertz CT molecular complexity index is 388. The van der Waals surface area contributed by atoms with Gasteiger partial charge in [0, 0.05) is 13.7 Å². The van der Waals surface area contributed by atoms with E-state index in [4.69, 9.17) is 21.1 Å². The monoisotopic (exact) mass is 286 g/mol. The molecule has 0 atom stereocenters. The summed E-state index contributed by atoms with van der Waals surface area (Å²) >= 11 is 5.93. The topological polar surface area (TPSA) is 59.6 Å². The number of nitrogens with one attached hydrogen (secondary N) is 2. The van der Waals surface area contributed by atoms with Crippen LogP contribution in [0.4, 0.5) is 5.69 Å². The third-order valence-electron chi connectivity index (χ3n) is 2.29. The van der Waals surface area contributed by atoms with Crippen LogP contribution in [-0.4, -0.2) is 45.9 Å². The molecule has 0 bridgehead atoms. The zero-order valence-corrected chi connectivity index (χ0v) is 11.7. The van der Waals surface area contributed by atoms with Crippen molar-refractivity contribution in [3.8, 4) is 0 Å². The lowest BCUT2D eigenvalue weighted by Gasteiger charge is -2.08. The molecular weight excluding hydrogens is 268 g/mol. The number of amides is 1. The maximum atomic E-state index is 11.6. The molecule has 0 unspecified atom stereocenters. The van der Waals surface area contributed by atoms with Crippen LogP contribution in [0.5, 0.6) is 0 Å². The van der Waals surface area contributed by atoms with Gasteiger partial charge >= 0.3 is 0 Å². The second-order valence-corrected chi connectivity index (χ2v) is 4.22. The van der Waals surface area contributed by atoms with Crippen molar-refractivity contribution in [3.63, 3.8) is 0 Å². The average molecular weight is 287 g/mol.